The molecule has 0 aromatic heterocycles. The molecule has 2 unspecified atom stereocenters. The van der Waals surface area contributed by atoms with Gasteiger partial charge < -0.3 is 0 Å². The normalized spacial score (nSPS) is 24.3. The lowest BCUT2D eigenvalue weighted by atomic mass is 9.75. The van der Waals surface area contributed by atoms with Crippen LogP contribution in [0, 0.1) is 5.92 Å². The van der Waals surface area contributed by atoms with Gasteiger partial charge in [-0.15, -0.1) is 0 Å². The fourth-order valence-electron chi connectivity index (χ4n) is 3.73. The first-order valence-electron chi connectivity index (χ1n) is 7.03. The summed E-state index contributed by atoms with van der Waals surface area (Å²) in [6.07, 6.45) is 3.02. The lowest BCUT2D eigenvalue weighted by Gasteiger charge is -2.28. The molecule has 2 aromatic rings. The molecular weight excluding hydrogens is 232 g/mol. The summed E-state index contributed by atoms with van der Waals surface area (Å²) in [7, 11) is 0. The number of ketones is 1. The highest BCUT2D eigenvalue weighted by Crippen LogP contribution is 2.41. The third-order valence-corrected chi connectivity index (χ3v) is 4.66. The number of rotatable bonds is 0. The van der Waals surface area contributed by atoms with Gasteiger partial charge in [-0.1, -0.05) is 48.5 Å². The molecule has 0 N–H and O–H groups in total. The van der Waals surface area contributed by atoms with Crippen molar-refractivity contribution >= 4 is 5.78 Å². The van der Waals surface area contributed by atoms with Crippen LogP contribution in [0.4, 0.5) is 0 Å². The minimum atomic E-state index is 0.184. The average molecular weight is 248 g/mol. The molecule has 4 rings (SSSR count). The maximum absolute atomic E-state index is 12.6. The second-order valence-corrected chi connectivity index (χ2v) is 5.76. The Hall–Kier alpha value is -1.89. The Morgan fingerprint density at radius 1 is 0.789 bits per heavy atom. The van der Waals surface area contributed by atoms with Gasteiger partial charge in [-0.25, -0.2) is 0 Å². The summed E-state index contributed by atoms with van der Waals surface area (Å²) in [6, 6.07) is 16.8. The standard InChI is InChI=1S/C18H16O/c19-18-15-10-13-6-2-1-5-12(13)9-14(11-15)16-7-3-4-8-17(16)18/h1-8,14-15H,9-11H2. The predicted octanol–water partition coefficient (Wildman–Crippen LogP) is 3.77. The molecule has 0 aliphatic heterocycles. The summed E-state index contributed by atoms with van der Waals surface area (Å²) in [5, 5.41) is 0. The van der Waals surface area contributed by atoms with Crippen LogP contribution >= 0.6 is 0 Å². The van der Waals surface area contributed by atoms with Crippen molar-refractivity contribution in [1.29, 1.82) is 0 Å². The van der Waals surface area contributed by atoms with E-state index in [1.807, 2.05) is 12.1 Å². The third kappa shape index (κ3) is 1.65. The van der Waals surface area contributed by atoms with Gasteiger partial charge in [-0.05, 0) is 41.9 Å². The largest absolute Gasteiger partial charge is 0.294 e. The van der Waals surface area contributed by atoms with E-state index in [1.54, 1.807) is 0 Å². The van der Waals surface area contributed by atoms with Crippen molar-refractivity contribution in [3.63, 3.8) is 0 Å². The minimum absolute atomic E-state index is 0.184. The predicted molar refractivity (Wildman–Crippen MR) is 75.5 cm³/mol. The first-order chi connectivity index (χ1) is 9.33. The van der Waals surface area contributed by atoms with Crippen molar-refractivity contribution in [2.24, 2.45) is 5.92 Å². The molecule has 2 atom stereocenters. The van der Waals surface area contributed by atoms with Crippen molar-refractivity contribution < 1.29 is 4.79 Å². The van der Waals surface area contributed by atoms with Gasteiger partial charge in [0.1, 0.15) is 0 Å². The van der Waals surface area contributed by atoms with Gasteiger partial charge in [0.05, 0.1) is 0 Å². The Labute approximate surface area is 113 Å². The van der Waals surface area contributed by atoms with Crippen molar-refractivity contribution in [3.8, 4) is 0 Å². The maximum Gasteiger partial charge on any atom is 0.166 e. The SMILES string of the molecule is O=C1c2ccccc2C2Cc3ccccc3CC1C2. The van der Waals surface area contributed by atoms with E-state index in [4.69, 9.17) is 0 Å². The summed E-state index contributed by atoms with van der Waals surface area (Å²) in [6.45, 7) is 0. The summed E-state index contributed by atoms with van der Waals surface area (Å²) in [5.74, 6) is 1.05. The van der Waals surface area contributed by atoms with Crippen LogP contribution in [-0.2, 0) is 12.8 Å². The quantitative estimate of drug-likeness (QED) is 0.693. The van der Waals surface area contributed by atoms with Gasteiger partial charge in [-0.2, -0.15) is 0 Å². The van der Waals surface area contributed by atoms with Gasteiger partial charge in [0, 0.05) is 11.5 Å². The highest BCUT2D eigenvalue weighted by molar-refractivity contribution is 6.00. The van der Waals surface area contributed by atoms with Gasteiger partial charge in [0.15, 0.2) is 5.78 Å². The molecular formula is C18H16O. The molecule has 1 nitrogen and oxygen atoms in total. The Bertz CT molecular complexity index is 656. The van der Waals surface area contributed by atoms with E-state index in [9.17, 15) is 4.79 Å². The molecule has 19 heavy (non-hydrogen) atoms. The van der Waals surface area contributed by atoms with Gasteiger partial charge in [0.2, 0.25) is 0 Å². The van der Waals surface area contributed by atoms with Gasteiger partial charge >= 0.3 is 0 Å². The number of hydrogen-bond donors (Lipinski definition) is 0. The van der Waals surface area contributed by atoms with Crippen molar-refractivity contribution in [2.75, 3.05) is 0 Å². The second-order valence-electron chi connectivity index (χ2n) is 5.76. The van der Waals surface area contributed by atoms with Gasteiger partial charge in [-0.3, -0.25) is 4.79 Å². The maximum atomic E-state index is 12.6. The number of fused-ring (bicyclic) bond motifs is 5. The van der Waals surface area contributed by atoms with E-state index in [-0.39, 0.29) is 5.92 Å². The van der Waals surface area contributed by atoms with Crippen LogP contribution in [0.2, 0.25) is 0 Å². The smallest absolute Gasteiger partial charge is 0.166 e. The molecule has 2 bridgehead atoms. The fraction of sp³-hybridized carbons (Fsp3) is 0.278. The number of hydrogen-bond acceptors (Lipinski definition) is 1. The number of carbonyl (C=O) groups is 1. The molecule has 94 valence electrons. The molecule has 2 aromatic carbocycles. The monoisotopic (exact) mass is 248 g/mol. The lowest BCUT2D eigenvalue weighted by molar-refractivity contribution is 0.0894. The zero-order chi connectivity index (χ0) is 12.8. The van der Waals surface area contributed by atoms with Crippen LogP contribution in [0.1, 0.15) is 39.4 Å². The Morgan fingerprint density at radius 3 is 2.21 bits per heavy atom. The molecule has 1 heteroatoms. The van der Waals surface area contributed by atoms with E-state index in [0.29, 0.717) is 11.7 Å². The molecule has 0 saturated heterocycles. The highest BCUT2D eigenvalue weighted by atomic mass is 16.1. The molecule has 0 saturated carbocycles. The summed E-state index contributed by atoms with van der Waals surface area (Å²) in [4.78, 5) is 12.6. The van der Waals surface area contributed by atoms with Crippen LogP contribution in [0.25, 0.3) is 0 Å². The Balaban J connectivity index is 1.88. The van der Waals surface area contributed by atoms with Crippen molar-refractivity contribution in [1.82, 2.24) is 0 Å². The zero-order valence-corrected chi connectivity index (χ0v) is 10.8. The van der Waals surface area contributed by atoms with Crippen LogP contribution in [-0.4, -0.2) is 5.78 Å². The van der Waals surface area contributed by atoms with Crippen molar-refractivity contribution in [2.45, 2.75) is 25.2 Å². The fourth-order valence-corrected chi connectivity index (χ4v) is 3.73. The average Bonchev–Trinajstić information content (AvgIpc) is 2.63. The molecule has 2 aliphatic carbocycles. The molecule has 0 spiro atoms. The lowest BCUT2D eigenvalue weighted by Crippen LogP contribution is -2.26. The highest BCUT2D eigenvalue weighted by Gasteiger charge is 2.35. The van der Waals surface area contributed by atoms with Crippen LogP contribution in [0.15, 0.2) is 48.5 Å². The first-order valence-corrected chi connectivity index (χ1v) is 7.03. The van der Waals surface area contributed by atoms with Crippen LogP contribution in [0.3, 0.4) is 0 Å². The molecule has 0 fully saturated rings. The molecule has 2 aliphatic rings. The number of Topliss-reactive ketones (excluding diaryl/α,β-unsaturated/α-hetero) is 1. The number of carbonyl (C=O) groups excluding carboxylic acids is 1. The Morgan fingerprint density at radius 2 is 1.42 bits per heavy atom. The van der Waals surface area contributed by atoms with Gasteiger partial charge in [0.25, 0.3) is 0 Å². The summed E-state index contributed by atoms with van der Waals surface area (Å²) < 4.78 is 0. The van der Waals surface area contributed by atoms with E-state index in [2.05, 4.69) is 36.4 Å². The van der Waals surface area contributed by atoms with E-state index in [0.717, 1.165) is 24.8 Å². The second kappa shape index (κ2) is 4.06. The molecule has 0 amide bonds. The summed E-state index contributed by atoms with van der Waals surface area (Å²) in [5.41, 5.74) is 5.03. The van der Waals surface area contributed by atoms with Crippen LogP contribution < -0.4 is 0 Å². The van der Waals surface area contributed by atoms with E-state index >= 15 is 0 Å². The molecule has 0 heterocycles. The number of benzene rings is 2. The zero-order valence-electron chi connectivity index (χ0n) is 10.8. The molecule has 0 radical (unpaired) electrons. The van der Waals surface area contributed by atoms with E-state index in [1.165, 1.54) is 16.7 Å². The Kier molecular flexibility index (Phi) is 2.34. The minimum Gasteiger partial charge on any atom is -0.294 e. The summed E-state index contributed by atoms with van der Waals surface area (Å²) >= 11 is 0. The third-order valence-electron chi connectivity index (χ3n) is 4.66. The first kappa shape index (κ1) is 11.0. The van der Waals surface area contributed by atoms with Crippen molar-refractivity contribution in [3.05, 3.63) is 70.8 Å². The van der Waals surface area contributed by atoms with Crippen LogP contribution in [0.5, 0.6) is 0 Å². The topological polar surface area (TPSA) is 17.1 Å². The van der Waals surface area contributed by atoms with E-state index < -0.39 is 0 Å².